The van der Waals surface area contributed by atoms with Crippen molar-refractivity contribution in [1.82, 2.24) is 21.3 Å². The molecule has 3 rings (SSSR count). The number of carbonyl (C=O) groups is 7. The average Bonchev–Trinajstić information content (AvgIpc) is 3.13. The molecule has 1 saturated carbocycles. The zero-order chi connectivity index (χ0) is 38.6. The van der Waals surface area contributed by atoms with Crippen LogP contribution in [0.5, 0.6) is 0 Å². The molecule has 0 bridgehead atoms. The third-order valence-corrected chi connectivity index (χ3v) is 9.42. The Morgan fingerprint density at radius 3 is 1.60 bits per heavy atom. The maximum atomic E-state index is 13.4. The van der Waals surface area contributed by atoms with E-state index in [1.807, 2.05) is 30.3 Å². The van der Waals surface area contributed by atoms with E-state index in [4.69, 9.17) is 11.5 Å². The van der Waals surface area contributed by atoms with Crippen LogP contribution >= 0.6 is 0 Å². The number of nitrogens with two attached hydrogens (primary N) is 2. The number of amides is 6. The van der Waals surface area contributed by atoms with Crippen molar-refractivity contribution >= 4 is 41.4 Å². The number of primary amides is 2. The average molecular weight is 735 g/mol. The molecule has 14 heteroatoms. The van der Waals surface area contributed by atoms with E-state index in [0.29, 0.717) is 31.2 Å². The maximum absolute atomic E-state index is 13.4. The van der Waals surface area contributed by atoms with Crippen molar-refractivity contribution in [2.24, 2.45) is 17.4 Å². The van der Waals surface area contributed by atoms with Gasteiger partial charge >= 0.3 is 5.97 Å². The van der Waals surface area contributed by atoms with Gasteiger partial charge in [0.15, 0.2) is 0 Å². The van der Waals surface area contributed by atoms with E-state index < -0.39 is 66.1 Å². The monoisotopic (exact) mass is 734 g/mol. The summed E-state index contributed by atoms with van der Waals surface area (Å²) in [6, 6.07) is 13.7. The summed E-state index contributed by atoms with van der Waals surface area (Å²) in [5, 5.41) is 20.2. The summed E-state index contributed by atoms with van der Waals surface area (Å²) in [4.78, 5) is 87.6. The molecule has 1 aliphatic rings. The highest BCUT2D eigenvalue weighted by Crippen LogP contribution is 2.27. The molecule has 0 aliphatic heterocycles. The summed E-state index contributed by atoms with van der Waals surface area (Å²) in [5.74, 6) is -4.72. The van der Waals surface area contributed by atoms with Crippen LogP contribution in [-0.2, 0) is 46.4 Å². The van der Waals surface area contributed by atoms with E-state index in [-0.39, 0.29) is 37.5 Å². The molecular weight excluding hydrogens is 680 g/mol. The predicted molar refractivity (Wildman–Crippen MR) is 198 cm³/mol. The molecule has 14 nitrogen and oxygen atoms in total. The van der Waals surface area contributed by atoms with Gasteiger partial charge in [-0.2, -0.15) is 0 Å². The van der Waals surface area contributed by atoms with Gasteiger partial charge in [0.2, 0.25) is 35.4 Å². The molecule has 53 heavy (non-hydrogen) atoms. The number of nitrogens with one attached hydrogen (secondary N) is 4. The van der Waals surface area contributed by atoms with Crippen LogP contribution in [0.3, 0.4) is 0 Å². The van der Waals surface area contributed by atoms with E-state index in [1.165, 1.54) is 0 Å². The Hall–Kier alpha value is -5.27. The Balaban J connectivity index is 1.41. The second kappa shape index (κ2) is 22.6. The van der Waals surface area contributed by atoms with Gasteiger partial charge in [-0.25, -0.2) is 4.79 Å². The smallest absolute Gasteiger partial charge is 0.326 e. The molecule has 0 radical (unpaired) electrons. The number of carboxylic acid groups (broad SMARTS) is 1. The summed E-state index contributed by atoms with van der Waals surface area (Å²) in [6.07, 6.45) is 7.85. The zero-order valence-electron chi connectivity index (χ0n) is 30.2. The first-order valence-corrected chi connectivity index (χ1v) is 18.5. The fourth-order valence-electron chi connectivity index (χ4n) is 6.55. The van der Waals surface area contributed by atoms with Crippen LogP contribution < -0.4 is 32.7 Å². The number of carboxylic acids is 1. The fourth-order valence-corrected chi connectivity index (χ4v) is 6.55. The molecule has 2 aromatic carbocycles. The van der Waals surface area contributed by atoms with Crippen molar-refractivity contribution in [1.29, 1.82) is 0 Å². The first kappa shape index (κ1) is 42.1. The minimum atomic E-state index is -1.32. The van der Waals surface area contributed by atoms with E-state index in [0.717, 1.165) is 44.1 Å². The second-order valence-corrected chi connectivity index (χ2v) is 13.7. The highest BCUT2D eigenvalue weighted by Gasteiger charge is 2.33. The highest BCUT2D eigenvalue weighted by molar-refractivity contribution is 5.94. The molecule has 2 aromatic rings. The van der Waals surface area contributed by atoms with Gasteiger partial charge in [-0.3, -0.25) is 28.8 Å². The molecule has 1 aliphatic carbocycles. The lowest BCUT2D eigenvalue weighted by Gasteiger charge is -2.31. The van der Waals surface area contributed by atoms with Crippen molar-refractivity contribution in [3.63, 3.8) is 0 Å². The van der Waals surface area contributed by atoms with Gasteiger partial charge in [0.1, 0.15) is 24.2 Å². The van der Waals surface area contributed by atoms with Crippen LogP contribution in [0.25, 0.3) is 0 Å². The Morgan fingerprint density at radius 2 is 1.09 bits per heavy atom. The first-order valence-electron chi connectivity index (χ1n) is 18.5. The first-order chi connectivity index (χ1) is 25.4. The van der Waals surface area contributed by atoms with Crippen LogP contribution in [0, 0.1) is 5.92 Å². The lowest BCUT2D eigenvalue weighted by atomic mass is 9.83. The van der Waals surface area contributed by atoms with Crippen LogP contribution in [-0.4, -0.2) is 70.7 Å². The number of aliphatic carboxylic acids is 1. The largest absolute Gasteiger partial charge is 0.480 e. The second-order valence-electron chi connectivity index (χ2n) is 13.7. The van der Waals surface area contributed by atoms with Crippen molar-refractivity contribution < 1.29 is 38.7 Å². The molecule has 4 atom stereocenters. The Morgan fingerprint density at radius 1 is 0.604 bits per heavy atom. The van der Waals surface area contributed by atoms with Gasteiger partial charge in [0.05, 0.1) is 6.42 Å². The van der Waals surface area contributed by atoms with Gasteiger partial charge in [-0.15, -0.1) is 0 Å². The van der Waals surface area contributed by atoms with Crippen LogP contribution in [0.1, 0.15) is 94.6 Å². The molecule has 1 fully saturated rings. The summed E-state index contributed by atoms with van der Waals surface area (Å²) in [5.41, 5.74) is 12.5. The fraction of sp³-hybridized carbons (Fsp3) is 0.513. The summed E-state index contributed by atoms with van der Waals surface area (Å²) < 4.78 is 0. The normalized spacial score (nSPS) is 15.2. The van der Waals surface area contributed by atoms with Gasteiger partial charge < -0.3 is 37.8 Å². The minimum absolute atomic E-state index is 0.0177. The molecular formula is C39H54N6O8. The van der Waals surface area contributed by atoms with E-state index in [1.54, 1.807) is 30.3 Å². The van der Waals surface area contributed by atoms with Crippen molar-refractivity contribution in [3.8, 4) is 0 Å². The molecule has 288 valence electrons. The highest BCUT2D eigenvalue weighted by atomic mass is 16.4. The van der Waals surface area contributed by atoms with E-state index in [9.17, 15) is 38.7 Å². The number of unbranched alkanes of at least 4 members (excludes halogenated alkanes) is 4. The van der Waals surface area contributed by atoms with E-state index in [2.05, 4.69) is 21.3 Å². The quantitative estimate of drug-likeness (QED) is 0.0833. The third kappa shape index (κ3) is 15.9. The molecule has 6 amide bonds. The molecule has 0 saturated heterocycles. The summed E-state index contributed by atoms with van der Waals surface area (Å²) in [6.45, 7) is 0. The number of hydrogen-bond acceptors (Lipinski definition) is 7. The summed E-state index contributed by atoms with van der Waals surface area (Å²) in [7, 11) is 0. The van der Waals surface area contributed by atoms with Gasteiger partial charge in [0, 0.05) is 25.7 Å². The Bertz CT molecular complexity index is 1520. The standard InChI is InChI=1S/C39H54N6O8/c40-32(46)25-30(37(50)44-31(39(52)53)24-27-17-9-5-10-18-27)42-33(47)21-13-2-1-3-14-22-34(48)45-35(28-19-11-6-12-20-28)38(51)43-29(36(41)49)23-26-15-7-4-8-16-26/h4-5,7-10,15-18,28-31,35H,1-3,6,11-14,19-25H2,(H2,40,46)(H2,41,49)(H,42,47)(H,43,51)(H,44,50)(H,45,48)(H,52,53)/t29-,30-,31-,35-/m0/s1. The minimum Gasteiger partial charge on any atom is -0.480 e. The van der Waals surface area contributed by atoms with Crippen molar-refractivity contribution in [2.75, 3.05) is 0 Å². The summed E-state index contributed by atoms with van der Waals surface area (Å²) >= 11 is 0. The van der Waals surface area contributed by atoms with Crippen molar-refractivity contribution in [3.05, 3.63) is 71.8 Å². The number of rotatable bonds is 23. The Labute approximate surface area is 310 Å². The van der Waals surface area contributed by atoms with Crippen LogP contribution in [0.15, 0.2) is 60.7 Å². The number of hydrogen-bond donors (Lipinski definition) is 7. The van der Waals surface area contributed by atoms with Gasteiger partial charge in [0.25, 0.3) is 0 Å². The SMILES string of the molecule is NC(=O)C[C@H](NC(=O)CCCCCCCC(=O)N[C@H](C(=O)N[C@@H](Cc1ccccc1)C(N)=O)C1CCCCC1)C(=O)N[C@@H](Cc1ccccc1)C(=O)O. The molecule has 0 aromatic heterocycles. The molecule has 0 heterocycles. The van der Waals surface area contributed by atoms with Crippen LogP contribution in [0.4, 0.5) is 0 Å². The number of benzene rings is 2. The topological polar surface area (TPSA) is 240 Å². The lowest BCUT2D eigenvalue weighted by molar-refractivity contribution is -0.142. The van der Waals surface area contributed by atoms with Crippen LogP contribution in [0.2, 0.25) is 0 Å². The number of carbonyl (C=O) groups excluding carboxylic acids is 6. The predicted octanol–water partition coefficient (Wildman–Crippen LogP) is 2.17. The molecule has 0 unspecified atom stereocenters. The molecule has 9 N–H and O–H groups in total. The van der Waals surface area contributed by atoms with E-state index >= 15 is 0 Å². The zero-order valence-corrected chi connectivity index (χ0v) is 30.2. The molecule has 0 spiro atoms. The lowest BCUT2D eigenvalue weighted by Crippen LogP contribution is -2.56. The van der Waals surface area contributed by atoms with Gasteiger partial charge in [-0.05, 0) is 42.7 Å². The maximum Gasteiger partial charge on any atom is 0.326 e. The Kier molecular flexibility index (Phi) is 18.0. The third-order valence-electron chi connectivity index (χ3n) is 9.42. The van der Waals surface area contributed by atoms with Crippen molar-refractivity contribution in [2.45, 2.75) is 120 Å². The van der Waals surface area contributed by atoms with Gasteiger partial charge in [-0.1, -0.05) is 99.2 Å².